The van der Waals surface area contributed by atoms with Crippen LogP contribution in [0.5, 0.6) is 5.75 Å². The summed E-state index contributed by atoms with van der Waals surface area (Å²) in [4.78, 5) is 24.6. The van der Waals surface area contributed by atoms with Crippen molar-refractivity contribution in [1.29, 1.82) is 0 Å². The average molecular weight is 374 g/mol. The lowest BCUT2D eigenvalue weighted by Gasteiger charge is -2.42. The van der Waals surface area contributed by atoms with Crippen LogP contribution in [-0.2, 0) is 4.74 Å². The van der Waals surface area contributed by atoms with Crippen molar-refractivity contribution in [3.8, 4) is 5.75 Å². The molecule has 146 valence electrons. The highest BCUT2D eigenvalue weighted by molar-refractivity contribution is 5.80. The second-order valence-electron chi connectivity index (χ2n) is 8.33. The van der Waals surface area contributed by atoms with Crippen LogP contribution in [0.4, 0.5) is 10.5 Å². The van der Waals surface area contributed by atoms with Gasteiger partial charge in [-0.15, -0.1) is 0 Å². The highest BCUT2D eigenvalue weighted by atomic mass is 16.6. The van der Waals surface area contributed by atoms with E-state index in [2.05, 4.69) is 13.8 Å². The number of hydrogen-bond acceptors (Lipinski definition) is 5. The number of nitro groups is 1. The predicted octanol–water partition coefficient (Wildman–Crippen LogP) is 4.41. The molecule has 7 heteroatoms. The highest BCUT2D eigenvalue weighted by Gasteiger charge is 2.48. The van der Waals surface area contributed by atoms with Crippen molar-refractivity contribution in [1.82, 2.24) is 4.90 Å². The Kier molecular flexibility index (Phi) is 4.66. The first-order chi connectivity index (χ1) is 12.6. The van der Waals surface area contributed by atoms with Crippen LogP contribution in [0.25, 0.3) is 5.57 Å². The molecule has 7 nitrogen and oxygen atoms in total. The number of methoxy groups -OCH3 is 1. The van der Waals surface area contributed by atoms with E-state index in [9.17, 15) is 14.9 Å². The summed E-state index contributed by atoms with van der Waals surface area (Å²) < 4.78 is 10.8. The number of likely N-dealkylation sites (N-methyl/N-ethyl adjacent to an activating group) is 1. The number of hydrogen-bond donors (Lipinski definition) is 0. The van der Waals surface area contributed by atoms with Gasteiger partial charge in [0.1, 0.15) is 12.4 Å². The van der Waals surface area contributed by atoms with E-state index in [1.807, 2.05) is 6.92 Å². The minimum atomic E-state index is -0.584. The molecule has 0 aromatic heterocycles. The molecule has 1 aromatic rings. The Labute approximate surface area is 159 Å². The third kappa shape index (κ3) is 3.26. The molecule has 1 atom stereocenters. The Morgan fingerprint density at radius 1 is 1.30 bits per heavy atom. The summed E-state index contributed by atoms with van der Waals surface area (Å²) in [5.41, 5.74) is 2.35. The molecule has 1 unspecified atom stereocenters. The van der Waals surface area contributed by atoms with E-state index in [0.29, 0.717) is 5.75 Å². The molecule has 0 spiro atoms. The largest absolute Gasteiger partial charge is 0.496 e. The van der Waals surface area contributed by atoms with Gasteiger partial charge in [-0.25, -0.2) is 4.79 Å². The fourth-order valence-electron chi connectivity index (χ4n) is 4.03. The molecule has 0 N–H and O–H groups in total. The molecule has 0 bridgehead atoms. The number of non-ortho nitro benzene ring substituents is 1. The molecule has 1 aliphatic carbocycles. The van der Waals surface area contributed by atoms with Crippen LogP contribution >= 0.6 is 0 Å². The van der Waals surface area contributed by atoms with Crippen molar-refractivity contribution in [3.05, 3.63) is 39.4 Å². The Balaban J connectivity index is 2.23. The van der Waals surface area contributed by atoms with E-state index < -0.39 is 10.5 Å². The summed E-state index contributed by atoms with van der Waals surface area (Å²) in [7, 11) is 3.31. The summed E-state index contributed by atoms with van der Waals surface area (Å²) in [5.74, 6) is 0.601. The van der Waals surface area contributed by atoms with Crippen molar-refractivity contribution < 1.29 is 19.2 Å². The van der Waals surface area contributed by atoms with Crippen molar-refractivity contribution in [2.45, 2.75) is 45.6 Å². The number of cyclic esters (lactones) is 1. The Morgan fingerprint density at radius 2 is 2.00 bits per heavy atom. The van der Waals surface area contributed by atoms with Crippen LogP contribution < -0.4 is 4.74 Å². The summed E-state index contributed by atoms with van der Waals surface area (Å²) in [6.45, 7) is 6.68. The summed E-state index contributed by atoms with van der Waals surface area (Å²) in [6.07, 6.45) is 2.15. The number of carbonyl (C=O) groups excluding carboxylic acids is 1. The number of nitro benzene ring substituents is 1. The molecule has 2 aliphatic rings. The zero-order valence-electron chi connectivity index (χ0n) is 16.5. The van der Waals surface area contributed by atoms with Gasteiger partial charge in [0.2, 0.25) is 0 Å². The van der Waals surface area contributed by atoms with Gasteiger partial charge >= 0.3 is 6.09 Å². The summed E-state index contributed by atoms with van der Waals surface area (Å²) in [6, 6.07) is 4.67. The lowest BCUT2D eigenvalue weighted by molar-refractivity contribution is -0.384. The first-order valence-electron chi connectivity index (χ1n) is 9.05. The van der Waals surface area contributed by atoms with E-state index in [-0.39, 0.29) is 23.8 Å². The SMILES string of the molecule is COc1ccc([N+](=O)[O-])cc1C1=C(C2(C)COC(=O)N2C)CC(C)(C)CC1. The van der Waals surface area contributed by atoms with Crippen LogP contribution in [0, 0.1) is 15.5 Å². The van der Waals surface area contributed by atoms with Crippen molar-refractivity contribution >= 4 is 17.4 Å². The van der Waals surface area contributed by atoms with Gasteiger partial charge in [0.25, 0.3) is 5.69 Å². The fourth-order valence-corrected chi connectivity index (χ4v) is 4.03. The molecular weight excluding hydrogens is 348 g/mol. The maximum atomic E-state index is 12.1. The zero-order valence-corrected chi connectivity index (χ0v) is 16.5. The number of amides is 1. The molecule has 27 heavy (non-hydrogen) atoms. The number of carbonyl (C=O) groups is 1. The minimum Gasteiger partial charge on any atom is -0.496 e. The van der Waals surface area contributed by atoms with E-state index in [1.165, 1.54) is 6.07 Å². The van der Waals surface area contributed by atoms with Gasteiger partial charge in [-0.3, -0.25) is 15.0 Å². The van der Waals surface area contributed by atoms with Gasteiger partial charge in [0.05, 0.1) is 17.6 Å². The van der Waals surface area contributed by atoms with Crippen molar-refractivity contribution in [3.63, 3.8) is 0 Å². The second-order valence-corrected chi connectivity index (χ2v) is 8.33. The van der Waals surface area contributed by atoms with Crippen LogP contribution in [0.1, 0.15) is 45.6 Å². The number of nitrogens with zero attached hydrogens (tertiary/aromatic N) is 2. The fraction of sp³-hybridized carbons (Fsp3) is 0.550. The molecule has 0 radical (unpaired) electrons. The van der Waals surface area contributed by atoms with Crippen molar-refractivity contribution in [2.75, 3.05) is 20.8 Å². The average Bonchev–Trinajstić information content (AvgIpc) is 2.89. The summed E-state index contributed by atoms with van der Waals surface area (Å²) in [5, 5.41) is 11.3. The lowest BCUT2D eigenvalue weighted by Crippen LogP contribution is -2.46. The highest BCUT2D eigenvalue weighted by Crippen LogP contribution is 2.50. The Bertz CT molecular complexity index is 830. The van der Waals surface area contributed by atoms with Crippen LogP contribution in [0.3, 0.4) is 0 Å². The maximum absolute atomic E-state index is 12.1. The van der Waals surface area contributed by atoms with E-state index in [1.54, 1.807) is 31.2 Å². The maximum Gasteiger partial charge on any atom is 0.410 e. The van der Waals surface area contributed by atoms with Gasteiger partial charge in [-0.2, -0.15) is 0 Å². The smallest absolute Gasteiger partial charge is 0.410 e. The van der Waals surface area contributed by atoms with Crippen LogP contribution in [0.15, 0.2) is 23.8 Å². The van der Waals surface area contributed by atoms with Crippen molar-refractivity contribution in [2.24, 2.45) is 5.41 Å². The molecule has 1 aromatic carbocycles. The van der Waals surface area contributed by atoms with Crippen LogP contribution in [-0.4, -0.2) is 42.2 Å². The standard InChI is InChI=1S/C20H26N2O5/c1-19(2)9-8-14(15-10-13(22(24)25)6-7-17(15)26-5)16(11-19)20(3)12-27-18(23)21(20)4/h6-7,10H,8-9,11-12H2,1-5H3. The second kappa shape index (κ2) is 6.55. The molecule has 1 fully saturated rings. The Hall–Kier alpha value is -2.57. The topological polar surface area (TPSA) is 81.9 Å². The first-order valence-corrected chi connectivity index (χ1v) is 9.05. The predicted molar refractivity (Wildman–Crippen MR) is 102 cm³/mol. The number of benzene rings is 1. The van der Waals surface area contributed by atoms with Gasteiger partial charge in [-0.05, 0) is 48.8 Å². The molecular formula is C20H26N2O5. The Morgan fingerprint density at radius 3 is 2.56 bits per heavy atom. The quantitative estimate of drug-likeness (QED) is 0.576. The monoisotopic (exact) mass is 374 g/mol. The molecule has 1 amide bonds. The van der Waals surface area contributed by atoms with Gasteiger partial charge in [0.15, 0.2) is 0 Å². The molecule has 1 saturated heterocycles. The van der Waals surface area contributed by atoms with E-state index >= 15 is 0 Å². The first kappa shape index (κ1) is 19.2. The van der Waals surface area contributed by atoms with E-state index in [0.717, 1.165) is 36.0 Å². The van der Waals surface area contributed by atoms with Gasteiger partial charge < -0.3 is 9.47 Å². The number of allylic oxidation sites excluding steroid dienone is 1. The molecule has 3 rings (SSSR count). The number of ether oxygens (including phenoxy) is 2. The summed E-state index contributed by atoms with van der Waals surface area (Å²) >= 11 is 0. The van der Waals surface area contributed by atoms with Crippen LogP contribution in [0.2, 0.25) is 0 Å². The minimum absolute atomic E-state index is 0.0275. The van der Waals surface area contributed by atoms with E-state index in [4.69, 9.17) is 9.47 Å². The number of rotatable bonds is 4. The van der Waals surface area contributed by atoms with Gasteiger partial charge in [-0.1, -0.05) is 13.8 Å². The molecule has 1 aliphatic heterocycles. The van der Waals surface area contributed by atoms with Gasteiger partial charge in [0, 0.05) is 24.7 Å². The zero-order chi connectivity index (χ0) is 20.0. The third-order valence-corrected chi connectivity index (χ3v) is 5.93. The molecule has 1 heterocycles. The normalized spacial score (nSPS) is 24.8. The lowest BCUT2D eigenvalue weighted by atomic mass is 9.67. The third-order valence-electron chi connectivity index (χ3n) is 5.93. The molecule has 0 saturated carbocycles.